The third kappa shape index (κ3) is 7.40. The van der Waals surface area contributed by atoms with Gasteiger partial charge in [0.1, 0.15) is 5.60 Å². The summed E-state index contributed by atoms with van der Waals surface area (Å²) >= 11 is 0. The summed E-state index contributed by atoms with van der Waals surface area (Å²) in [5, 5.41) is 10.6. The van der Waals surface area contributed by atoms with E-state index in [1.807, 2.05) is 41.5 Å². The Balaban J connectivity index is 0.00000176. The first-order valence-corrected chi connectivity index (χ1v) is 9.41. The normalized spacial score (nSPS) is 16.0. The summed E-state index contributed by atoms with van der Waals surface area (Å²) in [7, 11) is 0. The molecule has 8 nitrogen and oxygen atoms in total. The zero-order valence-electron chi connectivity index (χ0n) is 17.1. The van der Waals surface area contributed by atoms with Crippen LogP contribution in [0.4, 0.5) is 10.6 Å². The first-order valence-electron chi connectivity index (χ1n) is 9.41. The van der Waals surface area contributed by atoms with E-state index >= 15 is 0 Å². The molecule has 27 heavy (non-hydrogen) atoms. The smallest absolute Gasteiger partial charge is 0.410 e. The van der Waals surface area contributed by atoms with Crippen molar-refractivity contribution < 1.29 is 19.2 Å². The molecule has 0 radical (unpaired) electrons. The number of pyridine rings is 1. The molecule has 0 spiro atoms. The molecule has 1 aromatic heterocycles. The van der Waals surface area contributed by atoms with Crippen LogP contribution in [0.3, 0.4) is 0 Å². The zero-order valence-corrected chi connectivity index (χ0v) is 17.1. The number of hydrogen-bond acceptors (Lipinski definition) is 6. The average Bonchev–Trinajstić information content (AvgIpc) is 2.62. The highest BCUT2D eigenvalue weighted by molar-refractivity contribution is 5.68. The van der Waals surface area contributed by atoms with E-state index in [4.69, 9.17) is 9.47 Å². The van der Waals surface area contributed by atoms with Gasteiger partial charge in [-0.3, -0.25) is 0 Å². The molecule has 0 bridgehead atoms. The van der Waals surface area contributed by atoms with E-state index in [1.165, 1.54) is 12.3 Å². The topological polar surface area (TPSA) is 94.8 Å². The molecule has 152 valence electrons. The SMILES string of the molecule is CC.CC(Oc1ccc([N+](=O)[O-])nc1)C1CCN(C(=O)OC(C)(C)C)CC1. The van der Waals surface area contributed by atoms with Crippen LogP contribution in [0.15, 0.2) is 18.3 Å². The molecular weight excluding hydrogens is 350 g/mol. The summed E-state index contributed by atoms with van der Waals surface area (Å²) in [5.74, 6) is 0.604. The summed E-state index contributed by atoms with van der Waals surface area (Å²) in [6.07, 6.45) is 2.66. The Labute approximate surface area is 161 Å². The second kappa shape index (κ2) is 10.1. The molecule has 0 aliphatic carbocycles. The minimum Gasteiger partial charge on any atom is -0.486 e. The van der Waals surface area contributed by atoms with Crippen LogP contribution in [0.2, 0.25) is 0 Å². The van der Waals surface area contributed by atoms with Crippen LogP contribution in [-0.2, 0) is 4.74 Å². The van der Waals surface area contributed by atoms with Crippen molar-refractivity contribution in [3.8, 4) is 5.75 Å². The molecule has 0 N–H and O–H groups in total. The maximum Gasteiger partial charge on any atom is 0.410 e. The van der Waals surface area contributed by atoms with Crippen molar-refractivity contribution in [2.24, 2.45) is 5.92 Å². The largest absolute Gasteiger partial charge is 0.486 e. The Morgan fingerprint density at radius 1 is 1.30 bits per heavy atom. The summed E-state index contributed by atoms with van der Waals surface area (Å²) in [4.78, 5) is 27.6. The van der Waals surface area contributed by atoms with Gasteiger partial charge in [0.05, 0.1) is 6.10 Å². The number of carbonyl (C=O) groups excluding carboxylic acids is 1. The number of ether oxygens (including phenoxy) is 2. The van der Waals surface area contributed by atoms with Gasteiger partial charge in [-0.15, -0.1) is 0 Å². The van der Waals surface area contributed by atoms with Crippen molar-refractivity contribution in [2.45, 2.75) is 66.1 Å². The lowest BCUT2D eigenvalue weighted by molar-refractivity contribution is -0.389. The molecular formula is C19H31N3O5. The molecule has 2 rings (SSSR count). The number of piperidine rings is 1. The molecule has 1 atom stereocenters. The first kappa shape index (κ1) is 22.7. The van der Waals surface area contributed by atoms with Crippen LogP contribution >= 0.6 is 0 Å². The second-order valence-electron chi connectivity index (χ2n) is 7.24. The Kier molecular flexibility index (Phi) is 8.46. The molecule has 1 aliphatic heterocycles. The second-order valence-corrected chi connectivity index (χ2v) is 7.24. The molecule has 8 heteroatoms. The highest BCUT2D eigenvalue weighted by Crippen LogP contribution is 2.25. The molecule has 1 aliphatic rings. The van der Waals surface area contributed by atoms with Crippen LogP contribution in [0.1, 0.15) is 54.4 Å². The van der Waals surface area contributed by atoms with Gasteiger partial charge in [-0.05, 0) is 62.4 Å². The van der Waals surface area contributed by atoms with Crippen LogP contribution in [0, 0.1) is 16.0 Å². The molecule has 2 heterocycles. The summed E-state index contributed by atoms with van der Waals surface area (Å²) < 4.78 is 11.2. The quantitative estimate of drug-likeness (QED) is 0.565. The Morgan fingerprint density at radius 2 is 1.89 bits per heavy atom. The van der Waals surface area contributed by atoms with Gasteiger partial charge < -0.3 is 24.5 Å². The number of carbonyl (C=O) groups is 1. The Hall–Kier alpha value is -2.38. The number of rotatable bonds is 4. The minimum absolute atomic E-state index is 0.0657. The minimum atomic E-state index is -0.542. The Morgan fingerprint density at radius 3 is 2.33 bits per heavy atom. The number of aromatic nitrogens is 1. The van der Waals surface area contributed by atoms with E-state index in [0.29, 0.717) is 24.8 Å². The first-order chi connectivity index (χ1) is 12.7. The van der Waals surface area contributed by atoms with Crippen molar-refractivity contribution in [1.82, 2.24) is 9.88 Å². The number of nitrogens with zero attached hydrogens (tertiary/aromatic N) is 3. The molecule has 0 saturated carbocycles. The van der Waals surface area contributed by atoms with E-state index in [9.17, 15) is 14.9 Å². The molecule has 1 amide bonds. The van der Waals surface area contributed by atoms with Gasteiger partial charge >= 0.3 is 11.9 Å². The fourth-order valence-electron chi connectivity index (χ4n) is 2.74. The predicted octanol–water partition coefficient (Wildman–Crippen LogP) is 4.43. The van der Waals surface area contributed by atoms with Gasteiger partial charge in [-0.2, -0.15) is 0 Å². The van der Waals surface area contributed by atoms with Crippen LogP contribution < -0.4 is 4.74 Å². The average molecular weight is 381 g/mol. The van der Waals surface area contributed by atoms with E-state index in [1.54, 1.807) is 11.0 Å². The third-order valence-corrected chi connectivity index (χ3v) is 4.08. The molecule has 1 saturated heterocycles. The maximum atomic E-state index is 12.1. The lowest BCUT2D eigenvalue weighted by Crippen LogP contribution is -2.44. The molecule has 0 aromatic carbocycles. The fourth-order valence-corrected chi connectivity index (χ4v) is 2.74. The molecule has 1 unspecified atom stereocenters. The zero-order chi connectivity index (χ0) is 20.6. The van der Waals surface area contributed by atoms with Gasteiger partial charge in [0, 0.05) is 19.2 Å². The molecule has 1 fully saturated rings. The van der Waals surface area contributed by atoms with E-state index in [-0.39, 0.29) is 18.0 Å². The highest BCUT2D eigenvalue weighted by atomic mass is 16.6. The maximum absolute atomic E-state index is 12.1. The van der Waals surface area contributed by atoms with Gasteiger partial charge in [0.15, 0.2) is 11.9 Å². The summed E-state index contributed by atoms with van der Waals surface area (Å²) in [5.41, 5.74) is -0.493. The molecule has 1 aromatic rings. The van der Waals surface area contributed by atoms with Crippen molar-refractivity contribution >= 4 is 11.9 Å². The summed E-state index contributed by atoms with van der Waals surface area (Å²) in [6.45, 7) is 12.8. The van der Waals surface area contributed by atoms with Crippen molar-refractivity contribution in [3.05, 3.63) is 28.4 Å². The summed E-state index contributed by atoms with van der Waals surface area (Å²) in [6, 6.07) is 2.88. The third-order valence-electron chi connectivity index (χ3n) is 4.08. The number of amides is 1. The van der Waals surface area contributed by atoms with Crippen molar-refractivity contribution in [1.29, 1.82) is 0 Å². The Bertz CT molecular complexity index is 605. The lowest BCUT2D eigenvalue weighted by atomic mass is 9.92. The van der Waals surface area contributed by atoms with Crippen LogP contribution in [0.5, 0.6) is 5.75 Å². The van der Waals surface area contributed by atoms with E-state index < -0.39 is 10.5 Å². The monoisotopic (exact) mass is 381 g/mol. The van der Waals surface area contributed by atoms with Gasteiger partial charge in [-0.25, -0.2) is 4.79 Å². The van der Waals surface area contributed by atoms with Gasteiger partial charge in [0.25, 0.3) is 0 Å². The number of nitro groups is 1. The fraction of sp³-hybridized carbons (Fsp3) is 0.684. The standard InChI is InChI=1S/C17H25N3O5.C2H6/c1-12(24-14-5-6-15(18-11-14)20(22)23)13-7-9-19(10-8-13)16(21)25-17(2,3)4;1-2/h5-6,11-13H,7-10H2,1-4H3;1-2H3. The van der Waals surface area contributed by atoms with E-state index in [2.05, 4.69) is 4.98 Å². The van der Waals surface area contributed by atoms with Crippen molar-refractivity contribution in [2.75, 3.05) is 13.1 Å². The van der Waals surface area contributed by atoms with Crippen molar-refractivity contribution in [3.63, 3.8) is 0 Å². The van der Waals surface area contributed by atoms with Crippen LogP contribution in [0.25, 0.3) is 0 Å². The highest BCUT2D eigenvalue weighted by Gasteiger charge is 2.30. The lowest BCUT2D eigenvalue weighted by Gasteiger charge is -2.35. The van der Waals surface area contributed by atoms with Crippen LogP contribution in [-0.4, -0.2) is 45.7 Å². The number of hydrogen-bond donors (Lipinski definition) is 0. The van der Waals surface area contributed by atoms with E-state index in [0.717, 1.165) is 12.8 Å². The number of likely N-dealkylation sites (tertiary alicyclic amines) is 1. The van der Waals surface area contributed by atoms with Gasteiger partial charge in [0.2, 0.25) is 0 Å². The predicted molar refractivity (Wildman–Crippen MR) is 103 cm³/mol. The van der Waals surface area contributed by atoms with Gasteiger partial charge in [-0.1, -0.05) is 13.8 Å².